The number of nitrogens with one attached hydrogen (secondary N) is 1. The highest BCUT2D eigenvalue weighted by Gasteiger charge is 2.29. The second-order valence-corrected chi connectivity index (χ2v) is 7.08. The summed E-state index contributed by atoms with van der Waals surface area (Å²) in [5.41, 5.74) is 1.41. The topological polar surface area (TPSA) is 85.1 Å². The molecular weight excluding hydrogens is 230 g/mol. The molecule has 0 saturated heterocycles. The van der Waals surface area contributed by atoms with Crippen LogP contribution in [0, 0.1) is 6.92 Å². The Labute approximate surface area is 95.3 Å². The highest BCUT2D eigenvalue weighted by atomic mass is 32.2. The zero-order valence-corrected chi connectivity index (χ0v) is 10.8. The third-order valence-electron chi connectivity index (χ3n) is 2.59. The average Bonchev–Trinajstić information content (AvgIpc) is 2.49. The Morgan fingerprint density at radius 3 is 2.44 bits per heavy atom. The van der Waals surface area contributed by atoms with E-state index < -0.39 is 14.6 Å². The Balaban J connectivity index is 2.51. The van der Waals surface area contributed by atoms with Gasteiger partial charge in [-0.1, -0.05) is 10.3 Å². The Morgan fingerprint density at radius 2 is 2.00 bits per heavy atom. The minimum Gasteiger partial charge on any atom is -0.309 e. The molecule has 0 aliphatic rings. The maximum Gasteiger partial charge on any atom is 0.153 e. The predicted molar refractivity (Wildman–Crippen MR) is 59.7 cm³/mol. The fraction of sp³-hybridized carbons (Fsp3) is 0.778. The molecule has 0 amide bonds. The van der Waals surface area contributed by atoms with Crippen LogP contribution >= 0.6 is 0 Å². The second-order valence-electron chi connectivity index (χ2n) is 4.43. The first kappa shape index (κ1) is 13.1. The van der Waals surface area contributed by atoms with Crippen LogP contribution in [0.15, 0.2) is 4.63 Å². The summed E-state index contributed by atoms with van der Waals surface area (Å²) in [6, 6.07) is 0. The fourth-order valence-electron chi connectivity index (χ4n) is 1.02. The second kappa shape index (κ2) is 4.50. The van der Waals surface area contributed by atoms with Crippen molar-refractivity contribution in [2.24, 2.45) is 0 Å². The molecule has 92 valence electrons. The van der Waals surface area contributed by atoms with E-state index in [1.807, 2.05) is 0 Å². The molecule has 0 atom stereocenters. The average molecular weight is 247 g/mol. The molecular formula is C9H17N3O3S. The van der Waals surface area contributed by atoms with E-state index in [2.05, 4.69) is 20.3 Å². The molecule has 0 fully saturated rings. The molecule has 0 unspecified atom stereocenters. The fourth-order valence-corrected chi connectivity index (χ4v) is 1.39. The third kappa shape index (κ3) is 3.02. The molecule has 7 heteroatoms. The lowest BCUT2D eigenvalue weighted by atomic mass is 10.2. The summed E-state index contributed by atoms with van der Waals surface area (Å²) in [5, 5.41) is 10.4. The zero-order valence-electron chi connectivity index (χ0n) is 9.94. The van der Waals surface area contributed by atoms with E-state index in [0.29, 0.717) is 24.5 Å². The van der Waals surface area contributed by atoms with Crippen LogP contribution in [-0.4, -0.2) is 36.3 Å². The van der Waals surface area contributed by atoms with Crippen molar-refractivity contribution in [1.29, 1.82) is 0 Å². The molecule has 0 saturated carbocycles. The Morgan fingerprint density at radius 1 is 1.38 bits per heavy atom. The van der Waals surface area contributed by atoms with E-state index >= 15 is 0 Å². The van der Waals surface area contributed by atoms with E-state index in [-0.39, 0.29) is 0 Å². The van der Waals surface area contributed by atoms with E-state index in [1.54, 1.807) is 20.8 Å². The van der Waals surface area contributed by atoms with Gasteiger partial charge in [-0.05, 0) is 20.8 Å². The molecule has 0 radical (unpaired) electrons. The van der Waals surface area contributed by atoms with Gasteiger partial charge in [0.05, 0.1) is 4.75 Å². The molecule has 1 aromatic rings. The van der Waals surface area contributed by atoms with Gasteiger partial charge >= 0.3 is 0 Å². The normalized spacial score (nSPS) is 13.0. The van der Waals surface area contributed by atoms with Crippen molar-refractivity contribution in [2.75, 3.05) is 12.8 Å². The molecule has 0 aromatic carbocycles. The minimum absolute atomic E-state index is 0.359. The van der Waals surface area contributed by atoms with Gasteiger partial charge in [-0.25, -0.2) is 13.0 Å². The van der Waals surface area contributed by atoms with Gasteiger partial charge in [0, 0.05) is 19.3 Å². The zero-order chi connectivity index (χ0) is 12.4. The van der Waals surface area contributed by atoms with Crippen LogP contribution in [0.5, 0.6) is 0 Å². The number of hydrogen-bond acceptors (Lipinski definition) is 6. The predicted octanol–water partition coefficient (Wildman–Crippen LogP) is 0.291. The molecule has 6 nitrogen and oxygen atoms in total. The van der Waals surface area contributed by atoms with Crippen LogP contribution in [0.4, 0.5) is 0 Å². The third-order valence-corrected chi connectivity index (χ3v) is 4.75. The van der Waals surface area contributed by atoms with E-state index in [4.69, 9.17) is 0 Å². The summed E-state index contributed by atoms with van der Waals surface area (Å²) in [6.07, 6.45) is 1.23. The van der Waals surface area contributed by atoms with Crippen molar-refractivity contribution in [1.82, 2.24) is 15.6 Å². The molecule has 1 heterocycles. The van der Waals surface area contributed by atoms with E-state index in [1.165, 1.54) is 6.26 Å². The van der Waals surface area contributed by atoms with Crippen molar-refractivity contribution in [3.8, 4) is 0 Å². The summed E-state index contributed by atoms with van der Waals surface area (Å²) in [4.78, 5) is 0. The van der Waals surface area contributed by atoms with Gasteiger partial charge in [0.1, 0.15) is 11.4 Å². The van der Waals surface area contributed by atoms with Crippen molar-refractivity contribution in [3.05, 3.63) is 11.4 Å². The maximum absolute atomic E-state index is 11.4. The largest absolute Gasteiger partial charge is 0.309 e. The highest BCUT2D eigenvalue weighted by Crippen LogP contribution is 2.13. The highest BCUT2D eigenvalue weighted by molar-refractivity contribution is 7.92. The number of aryl methyl sites for hydroxylation is 1. The molecule has 1 N–H and O–H groups in total. The van der Waals surface area contributed by atoms with Crippen molar-refractivity contribution in [2.45, 2.75) is 32.1 Å². The Kier molecular flexibility index (Phi) is 3.69. The minimum atomic E-state index is -3.08. The summed E-state index contributed by atoms with van der Waals surface area (Å²) >= 11 is 0. The monoisotopic (exact) mass is 247 g/mol. The summed E-state index contributed by atoms with van der Waals surface area (Å²) < 4.78 is 26.6. The SMILES string of the molecule is Cc1nonc1CNCC(C)(C)S(C)(=O)=O. The molecule has 16 heavy (non-hydrogen) atoms. The number of rotatable bonds is 5. The van der Waals surface area contributed by atoms with Gasteiger partial charge in [0.25, 0.3) is 0 Å². The van der Waals surface area contributed by atoms with Gasteiger partial charge < -0.3 is 5.32 Å². The molecule has 1 rings (SSSR count). The van der Waals surface area contributed by atoms with Crippen molar-refractivity contribution >= 4 is 9.84 Å². The summed E-state index contributed by atoms with van der Waals surface area (Å²) in [6.45, 7) is 5.97. The number of aromatic nitrogens is 2. The van der Waals surface area contributed by atoms with Crippen LogP contribution in [-0.2, 0) is 16.4 Å². The van der Waals surface area contributed by atoms with Crippen LogP contribution in [0.1, 0.15) is 25.2 Å². The first-order chi connectivity index (χ1) is 7.24. The summed E-state index contributed by atoms with van der Waals surface area (Å²) in [5.74, 6) is 0. The number of nitrogens with zero attached hydrogens (tertiary/aromatic N) is 2. The van der Waals surface area contributed by atoms with Crippen LogP contribution < -0.4 is 5.32 Å². The standard InChI is InChI=1S/C9H17N3O3S/c1-7-8(12-15-11-7)5-10-6-9(2,3)16(4,13)14/h10H,5-6H2,1-4H3. The number of hydrogen-bond donors (Lipinski definition) is 1. The van der Waals surface area contributed by atoms with Crippen molar-refractivity contribution in [3.63, 3.8) is 0 Å². The Hall–Kier alpha value is -0.950. The molecule has 0 spiro atoms. The lowest BCUT2D eigenvalue weighted by molar-refractivity contribution is 0.300. The Bertz CT molecular complexity index is 450. The lowest BCUT2D eigenvalue weighted by Gasteiger charge is -2.22. The van der Waals surface area contributed by atoms with E-state index in [9.17, 15) is 8.42 Å². The lowest BCUT2D eigenvalue weighted by Crippen LogP contribution is -2.41. The van der Waals surface area contributed by atoms with Gasteiger partial charge in [-0.15, -0.1) is 0 Å². The van der Waals surface area contributed by atoms with Gasteiger partial charge in [0.15, 0.2) is 9.84 Å². The first-order valence-corrected chi connectivity index (χ1v) is 6.81. The van der Waals surface area contributed by atoms with Gasteiger partial charge in [0.2, 0.25) is 0 Å². The first-order valence-electron chi connectivity index (χ1n) is 4.92. The van der Waals surface area contributed by atoms with Gasteiger partial charge in [-0.3, -0.25) is 0 Å². The van der Waals surface area contributed by atoms with Crippen LogP contribution in [0.3, 0.4) is 0 Å². The van der Waals surface area contributed by atoms with Crippen molar-refractivity contribution < 1.29 is 13.0 Å². The quantitative estimate of drug-likeness (QED) is 0.805. The number of sulfone groups is 1. The van der Waals surface area contributed by atoms with Gasteiger partial charge in [-0.2, -0.15) is 0 Å². The molecule has 0 aliphatic heterocycles. The van der Waals surface area contributed by atoms with Crippen LogP contribution in [0.25, 0.3) is 0 Å². The van der Waals surface area contributed by atoms with E-state index in [0.717, 1.165) is 0 Å². The molecule has 0 bridgehead atoms. The van der Waals surface area contributed by atoms with Crippen LogP contribution in [0.2, 0.25) is 0 Å². The summed E-state index contributed by atoms with van der Waals surface area (Å²) in [7, 11) is -3.08. The molecule has 0 aliphatic carbocycles. The maximum atomic E-state index is 11.4. The smallest absolute Gasteiger partial charge is 0.153 e. The molecule has 1 aromatic heterocycles.